The molecule has 0 spiro atoms. The number of fused-ring (bicyclic) bond motifs is 2. The molecule has 0 radical (unpaired) electrons. The largest absolute Gasteiger partial charge is 0.323 e. The van der Waals surface area contributed by atoms with Gasteiger partial charge in [-0.25, -0.2) is 0 Å². The smallest absolute Gasteiger partial charge is 0.0427 e. The van der Waals surface area contributed by atoms with Gasteiger partial charge in [0.25, 0.3) is 0 Å². The van der Waals surface area contributed by atoms with E-state index < -0.39 is 0 Å². The molecule has 1 aromatic carbocycles. The fourth-order valence-corrected chi connectivity index (χ4v) is 4.08. The van der Waals surface area contributed by atoms with E-state index in [0.29, 0.717) is 0 Å². The Morgan fingerprint density at radius 2 is 1.95 bits per heavy atom. The fraction of sp³-hybridized carbons (Fsp3) is 0.667. The Hall–Kier alpha value is -0.900. The highest BCUT2D eigenvalue weighted by molar-refractivity contribution is 5.33. The van der Waals surface area contributed by atoms with Crippen molar-refractivity contribution >= 4 is 0 Å². The lowest BCUT2D eigenvalue weighted by atomic mass is 9.98. The van der Waals surface area contributed by atoms with Crippen molar-refractivity contribution in [2.75, 3.05) is 26.7 Å². The van der Waals surface area contributed by atoms with Gasteiger partial charge in [0.15, 0.2) is 0 Å². The number of hydrogen-bond donors (Lipinski definition) is 1. The van der Waals surface area contributed by atoms with Crippen molar-refractivity contribution in [3.63, 3.8) is 0 Å². The summed E-state index contributed by atoms with van der Waals surface area (Å²) in [6, 6.07) is 8.30. The van der Waals surface area contributed by atoms with Crippen LogP contribution < -0.4 is 5.73 Å². The maximum atomic E-state index is 6.52. The van der Waals surface area contributed by atoms with Gasteiger partial charge < -0.3 is 5.73 Å². The Balaban J connectivity index is 1.67. The molecule has 2 aliphatic rings. The lowest BCUT2D eigenvalue weighted by molar-refractivity contribution is 0.212. The molecule has 0 aliphatic carbocycles. The van der Waals surface area contributed by atoms with Crippen LogP contribution in [0, 0.1) is 13.8 Å². The minimum absolute atomic E-state index is 0.131. The molecule has 116 valence electrons. The van der Waals surface area contributed by atoms with Crippen LogP contribution in [0.15, 0.2) is 18.2 Å². The van der Waals surface area contributed by atoms with Crippen LogP contribution in [0.25, 0.3) is 0 Å². The van der Waals surface area contributed by atoms with Gasteiger partial charge >= 0.3 is 0 Å². The normalized spacial score (nSPS) is 28.6. The number of hydrogen-bond acceptors (Lipinski definition) is 3. The summed E-state index contributed by atoms with van der Waals surface area (Å²) in [5.41, 5.74) is 10.5. The topological polar surface area (TPSA) is 32.5 Å². The van der Waals surface area contributed by atoms with Crippen LogP contribution >= 0.6 is 0 Å². The van der Waals surface area contributed by atoms with Crippen LogP contribution in [0.3, 0.4) is 0 Å². The molecule has 1 aromatic rings. The third kappa shape index (κ3) is 3.15. The third-order valence-electron chi connectivity index (χ3n) is 5.52. The number of likely N-dealkylation sites (N-methyl/N-ethyl adjacent to an activating group) is 1. The molecular weight excluding hydrogens is 258 g/mol. The van der Waals surface area contributed by atoms with Gasteiger partial charge in [-0.2, -0.15) is 0 Å². The van der Waals surface area contributed by atoms with Crippen molar-refractivity contribution in [3.05, 3.63) is 34.9 Å². The number of nitrogens with two attached hydrogens (primary N) is 1. The minimum Gasteiger partial charge on any atom is -0.323 e. The first kappa shape index (κ1) is 15.0. The zero-order valence-electron chi connectivity index (χ0n) is 13.7. The highest BCUT2D eigenvalue weighted by Crippen LogP contribution is 2.29. The average Bonchev–Trinajstić information content (AvgIpc) is 2.69. The van der Waals surface area contributed by atoms with Crippen LogP contribution in [-0.4, -0.2) is 48.6 Å². The van der Waals surface area contributed by atoms with Crippen molar-refractivity contribution < 1.29 is 0 Å². The Morgan fingerprint density at radius 1 is 1.19 bits per heavy atom. The molecule has 3 nitrogen and oxygen atoms in total. The van der Waals surface area contributed by atoms with Gasteiger partial charge in [0.2, 0.25) is 0 Å². The van der Waals surface area contributed by atoms with Crippen LogP contribution in [0.5, 0.6) is 0 Å². The first-order valence-corrected chi connectivity index (χ1v) is 8.31. The van der Waals surface area contributed by atoms with E-state index in [2.05, 4.69) is 48.9 Å². The first-order valence-electron chi connectivity index (χ1n) is 8.31. The zero-order chi connectivity index (χ0) is 15.0. The Morgan fingerprint density at radius 3 is 2.76 bits per heavy atom. The van der Waals surface area contributed by atoms with Gasteiger partial charge in [-0.1, -0.05) is 23.8 Å². The Bertz CT molecular complexity index is 499. The van der Waals surface area contributed by atoms with E-state index >= 15 is 0 Å². The van der Waals surface area contributed by atoms with Crippen LogP contribution in [0.2, 0.25) is 0 Å². The highest BCUT2D eigenvalue weighted by atomic mass is 15.3. The average molecular weight is 287 g/mol. The standard InChI is InChI=1S/C18H29N3/c1-13-4-5-14(2)17(10-13)18(19)12-21-9-8-15-6-7-16(11-21)20(15)3/h4-5,10,15-16,18H,6-9,11-12,19H2,1-3H3. The number of rotatable bonds is 3. The number of likely N-dealkylation sites (tertiary alicyclic amines) is 1. The maximum absolute atomic E-state index is 6.52. The second kappa shape index (κ2) is 6.07. The maximum Gasteiger partial charge on any atom is 0.0427 e. The molecule has 2 aliphatic heterocycles. The van der Waals surface area contributed by atoms with Gasteiger partial charge in [-0.05, 0) is 57.8 Å². The molecule has 3 atom stereocenters. The summed E-state index contributed by atoms with van der Waals surface area (Å²) >= 11 is 0. The summed E-state index contributed by atoms with van der Waals surface area (Å²) in [5, 5.41) is 0. The predicted molar refractivity (Wildman–Crippen MR) is 88.5 cm³/mol. The number of nitrogens with zero attached hydrogens (tertiary/aromatic N) is 2. The first-order chi connectivity index (χ1) is 10.0. The summed E-state index contributed by atoms with van der Waals surface area (Å²) in [6.07, 6.45) is 4.04. The van der Waals surface area contributed by atoms with E-state index in [4.69, 9.17) is 5.73 Å². The molecule has 2 fully saturated rings. The monoisotopic (exact) mass is 287 g/mol. The van der Waals surface area contributed by atoms with E-state index in [1.165, 1.54) is 49.0 Å². The lowest BCUT2D eigenvalue weighted by Crippen LogP contribution is -2.39. The highest BCUT2D eigenvalue weighted by Gasteiger charge is 2.34. The molecule has 0 amide bonds. The predicted octanol–water partition coefficient (Wildman–Crippen LogP) is 2.47. The van der Waals surface area contributed by atoms with Gasteiger partial charge in [0.1, 0.15) is 0 Å². The number of benzene rings is 1. The summed E-state index contributed by atoms with van der Waals surface area (Å²) in [6.45, 7) is 7.69. The summed E-state index contributed by atoms with van der Waals surface area (Å²) in [5.74, 6) is 0. The van der Waals surface area contributed by atoms with Gasteiger partial charge in [-0.15, -0.1) is 0 Å². The quantitative estimate of drug-likeness (QED) is 0.927. The van der Waals surface area contributed by atoms with E-state index in [1.54, 1.807) is 0 Å². The Kier molecular flexibility index (Phi) is 4.34. The van der Waals surface area contributed by atoms with E-state index in [-0.39, 0.29) is 6.04 Å². The number of aryl methyl sites for hydroxylation is 2. The molecule has 3 unspecified atom stereocenters. The molecule has 3 heteroatoms. The van der Waals surface area contributed by atoms with Crippen molar-refractivity contribution in [2.45, 2.75) is 51.2 Å². The third-order valence-corrected chi connectivity index (χ3v) is 5.52. The molecule has 2 heterocycles. The molecule has 0 saturated carbocycles. The van der Waals surface area contributed by atoms with Crippen molar-refractivity contribution in [1.82, 2.24) is 9.80 Å². The van der Waals surface area contributed by atoms with Crippen molar-refractivity contribution in [2.24, 2.45) is 5.73 Å². The van der Waals surface area contributed by atoms with Crippen LogP contribution in [0.4, 0.5) is 0 Å². The van der Waals surface area contributed by atoms with E-state index in [1.807, 2.05) is 0 Å². The van der Waals surface area contributed by atoms with Crippen molar-refractivity contribution in [3.8, 4) is 0 Å². The second-order valence-electron chi connectivity index (χ2n) is 7.07. The van der Waals surface area contributed by atoms with Crippen LogP contribution in [-0.2, 0) is 0 Å². The van der Waals surface area contributed by atoms with E-state index in [0.717, 1.165) is 18.6 Å². The second-order valence-corrected chi connectivity index (χ2v) is 7.07. The Labute approximate surface area is 129 Å². The summed E-state index contributed by atoms with van der Waals surface area (Å²) < 4.78 is 0. The van der Waals surface area contributed by atoms with Gasteiger partial charge in [0.05, 0.1) is 0 Å². The zero-order valence-corrected chi connectivity index (χ0v) is 13.7. The van der Waals surface area contributed by atoms with Gasteiger partial charge in [0, 0.05) is 31.2 Å². The molecule has 2 N–H and O–H groups in total. The molecule has 2 saturated heterocycles. The fourth-order valence-electron chi connectivity index (χ4n) is 4.08. The summed E-state index contributed by atoms with van der Waals surface area (Å²) in [7, 11) is 2.30. The van der Waals surface area contributed by atoms with Gasteiger partial charge in [-0.3, -0.25) is 9.80 Å². The molecular formula is C18H29N3. The molecule has 3 rings (SSSR count). The van der Waals surface area contributed by atoms with E-state index in [9.17, 15) is 0 Å². The van der Waals surface area contributed by atoms with Crippen molar-refractivity contribution in [1.29, 1.82) is 0 Å². The van der Waals surface area contributed by atoms with Crippen LogP contribution in [0.1, 0.15) is 42.0 Å². The molecule has 0 aromatic heterocycles. The minimum atomic E-state index is 0.131. The molecule has 2 bridgehead atoms. The summed E-state index contributed by atoms with van der Waals surface area (Å²) in [4.78, 5) is 5.19. The SMILES string of the molecule is Cc1ccc(C)c(C(N)CN2CCC3CCC(C2)N3C)c1. The lowest BCUT2D eigenvalue weighted by Gasteiger charge is -2.28. The molecule has 21 heavy (non-hydrogen) atoms.